The van der Waals surface area contributed by atoms with Crippen LogP contribution in [-0.4, -0.2) is 92.9 Å². The minimum Gasteiger partial charge on any atom is -0.457 e. The molecule has 0 saturated carbocycles. The first-order valence-corrected chi connectivity index (χ1v) is 17.2. The van der Waals surface area contributed by atoms with Crippen LogP contribution in [-0.2, 0) is 4.79 Å². The number of carbonyl (C=O) groups is 1. The van der Waals surface area contributed by atoms with E-state index in [1.807, 2.05) is 76.6 Å². The van der Waals surface area contributed by atoms with Gasteiger partial charge in [-0.2, -0.15) is 5.10 Å². The second-order valence-corrected chi connectivity index (χ2v) is 13.0. The normalized spacial score (nSPS) is 17.8. The van der Waals surface area contributed by atoms with Crippen LogP contribution in [0.25, 0.3) is 22.3 Å². The van der Waals surface area contributed by atoms with E-state index in [1.54, 1.807) is 0 Å². The number of nitrogens with two attached hydrogens (primary N) is 1. The Kier molecular flexibility index (Phi) is 8.65. The smallest absolute Gasteiger partial charge is 0.225 e. The van der Waals surface area contributed by atoms with Crippen LogP contribution in [0.15, 0.2) is 73.3 Å². The molecule has 0 bridgehead atoms. The fraction of sp³-hybridized carbons (Fsp3) is 0.389. The number of carbonyl (C=O) groups excluding carboxylic acids is 1. The van der Waals surface area contributed by atoms with E-state index >= 15 is 0 Å². The van der Waals surface area contributed by atoms with Gasteiger partial charge in [0.15, 0.2) is 5.65 Å². The molecule has 0 radical (unpaired) electrons. The summed E-state index contributed by atoms with van der Waals surface area (Å²) in [5.74, 6) is 3.00. The maximum Gasteiger partial charge on any atom is 0.225 e. The Hall–Kier alpha value is -5.30. The molecule has 3 aromatic heterocycles. The van der Waals surface area contributed by atoms with Gasteiger partial charge in [-0.05, 0) is 62.1 Å². The quantitative estimate of drug-likeness (QED) is 0.260. The standard InChI is InChI=1S/C36H41N11O2/c37-33-31-32(25-6-8-30(9-7-25)49-29-4-2-1-3-5-29)43-47(34(31)42-24-41-33)27-12-18-45(19-13-27)35(48)26-10-16-44(17-11-26)28-22-39-36(40-23-28)46-20-14-38-15-21-46/h1-9,22-24,26-27,38H,10-21H2,(H2,37,41,42). The van der Waals surface area contributed by atoms with E-state index in [0.717, 1.165) is 105 Å². The summed E-state index contributed by atoms with van der Waals surface area (Å²) in [6.07, 6.45) is 8.60. The van der Waals surface area contributed by atoms with Crippen molar-refractivity contribution in [1.29, 1.82) is 0 Å². The van der Waals surface area contributed by atoms with Crippen molar-refractivity contribution in [3.05, 3.63) is 73.3 Å². The highest BCUT2D eigenvalue weighted by Gasteiger charge is 2.33. The number of anilines is 3. The van der Waals surface area contributed by atoms with Crippen molar-refractivity contribution in [2.75, 3.05) is 67.9 Å². The zero-order chi connectivity index (χ0) is 33.2. The SMILES string of the molecule is Nc1ncnc2c1c(-c1ccc(Oc3ccccc3)cc1)nn2C1CCN(C(=O)C2CCN(c3cnc(N4CCNCC4)nc3)CC2)CC1. The van der Waals surface area contributed by atoms with Gasteiger partial charge in [0.05, 0.1) is 29.5 Å². The van der Waals surface area contributed by atoms with E-state index in [0.29, 0.717) is 24.6 Å². The first-order chi connectivity index (χ1) is 24.1. The summed E-state index contributed by atoms with van der Waals surface area (Å²) in [5, 5.41) is 9.16. The van der Waals surface area contributed by atoms with Crippen LogP contribution in [0.4, 0.5) is 17.5 Å². The van der Waals surface area contributed by atoms with Crippen LogP contribution in [0, 0.1) is 5.92 Å². The molecule has 5 aromatic rings. The fourth-order valence-corrected chi connectivity index (χ4v) is 7.24. The number of aromatic nitrogens is 6. The second kappa shape index (κ2) is 13.7. The molecule has 3 N–H and O–H groups in total. The molecule has 0 unspecified atom stereocenters. The molecule has 3 saturated heterocycles. The predicted molar refractivity (Wildman–Crippen MR) is 189 cm³/mol. The summed E-state index contributed by atoms with van der Waals surface area (Å²) in [6, 6.07) is 17.6. The minimum atomic E-state index is 0.0346. The van der Waals surface area contributed by atoms with Crippen LogP contribution in [0.5, 0.6) is 11.5 Å². The van der Waals surface area contributed by atoms with Gasteiger partial charge < -0.3 is 30.5 Å². The van der Waals surface area contributed by atoms with E-state index < -0.39 is 0 Å². The maximum atomic E-state index is 13.7. The summed E-state index contributed by atoms with van der Waals surface area (Å²) >= 11 is 0. The van der Waals surface area contributed by atoms with Crippen molar-refractivity contribution in [1.82, 2.24) is 39.9 Å². The monoisotopic (exact) mass is 659 g/mol. The molecular weight excluding hydrogens is 618 g/mol. The number of nitrogens with one attached hydrogen (secondary N) is 1. The van der Waals surface area contributed by atoms with E-state index in [9.17, 15) is 4.79 Å². The van der Waals surface area contributed by atoms with Gasteiger partial charge in [0.1, 0.15) is 29.3 Å². The third kappa shape index (κ3) is 6.45. The van der Waals surface area contributed by atoms with Crippen molar-refractivity contribution in [3.63, 3.8) is 0 Å². The van der Waals surface area contributed by atoms with Gasteiger partial charge in [-0.25, -0.2) is 24.6 Å². The van der Waals surface area contributed by atoms with Gasteiger partial charge in [0.2, 0.25) is 11.9 Å². The molecule has 0 spiro atoms. The molecule has 49 heavy (non-hydrogen) atoms. The first kappa shape index (κ1) is 31.0. The van der Waals surface area contributed by atoms with Gasteiger partial charge in [-0.3, -0.25) is 4.79 Å². The fourth-order valence-electron chi connectivity index (χ4n) is 7.24. The Morgan fingerprint density at radius 1 is 0.776 bits per heavy atom. The number of fused-ring (bicyclic) bond motifs is 1. The van der Waals surface area contributed by atoms with Crippen LogP contribution in [0.1, 0.15) is 31.7 Å². The average molecular weight is 660 g/mol. The maximum absolute atomic E-state index is 13.7. The first-order valence-electron chi connectivity index (χ1n) is 17.2. The van der Waals surface area contributed by atoms with Crippen molar-refractivity contribution >= 4 is 34.4 Å². The van der Waals surface area contributed by atoms with Gasteiger partial charge in [-0.15, -0.1) is 0 Å². The third-order valence-electron chi connectivity index (χ3n) is 9.98. The highest BCUT2D eigenvalue weighted by Crippen LogP contribution is 2.36. The molecule has 8 rings (SSSR count). The summed E-state index contributed by atoms with van der Waals surface area (Å²) in [4.78, 5) is 38.4. The number of nitrogens with zero attached hydrogens (tertiary/aromatic N) is 9. The lowest BCUT2D eigenvalue weighted by Crippen LogP contribution is -2.46. The molecule has 3 aliphatic heterocycles. The van der Waals surface area contributed by atoms with Gasteiger partial charge >= 0.3 is 0 Å². The summed E-state index contributed by atoms with van der Waals surface area (Å²) in [7, 11) is 0. The van der Waals surface area contributed by atoms with Crippen molar-refractivity contribution in [3.8, 4) is 22.8 Å². The number of amides is 1. The molecule has 0 aliphatic carbocycles. The number of hydrogen-bond acceptors (Lipinski definition) is 11. The van der Waals surface area contributed by atoms with Crippen LogP contribution in [0.3, 0.4) is 0 Å². The van der Waals surface area contributed by atoms with Crippen LogP contribution >= 0.6 is 0 Å². The van der Waals surface area contributed by atoms with Crippen molar-refractivity contribution < 1.29 is 9.53 Å². The second-order valence-electron chi connectivity index (χ2n) is 13.0. The lowest BCUT2D eigenvalue weighted by molar-refractivity contribution is -0.137. The topological polar surface area (TPSA) is 143 Å². The van der Waals surface area contributed by atoms with Gasteiger partial charge in [0.25, 0.3) is 0 Å². The summed E-state index contributed by atoms with van der Waals surface area (Å²) in [5.41, 5.74) is 9.80. The third-order valence-corrected chi connectivity index (χ3v) is 9.98. The number of nitrogen functional groups attached to an aromatic ring is 1. The number of hydrogen-bond donors (Lipinski definition) is 2. The molecule has 2 aromatic carbocycles. The Bertz CT molecular complexity index is 1880. The van der Waals surface area contributed by atoms with E-state index in [2.05, 4.69) is 35.1 Å². The number of piperazine rings is 1. The van der Waals surface area contributed by atoms with Gasteiger partial charge in [-0.1, -0.05) is 18.2 Å². The average Bonchev–Trinajstić information content (AvgIpc) is 3.57. The lowest BCUT2D eigenvalue weighted by Gasteiger charge is -2.38. The Labute approximate surface area is 285 Å². The molecular formula is C36H41N11O2. The van der Waals surface area contributed by atoms with E-state index in [4.69, 9.17) is 15.6 Å². The van der Waals surface area contributed by atoms with Crippen molar-refractivity contribution in [2.24, 2.45) is 5.92 Å². The molecule has 0 atom stereocenters. The molecule has 13 nitrogen and oxygen atoms in total. The molecule has 3 aliphatic rings. The summed E-state index contributed by atoms with van der Waals surface area (Å²) < 4.78 is 7.98. The Morgan fingerprint density at radius 3 is 2.18 bits per heavy atom. The van der Waals surface area contributed by atoms with Crippen LogP contribution < -0.4 is 25.6 Å². The molecule has 6 heterocycles. The largest absolute Gasteiger partial charge is 0.457 e. The predicted octanol–water partition coefficient (Wildman–Crippen LogP) is 4.15. The molecule has 13 heteroatoms. The molecule has 1 amide bonds. The van der Waals surface area contributed by atoms with Gasteiger partial charge in [0, 0.05) is 63.8 Å². The van der Waals surface area contributed by atoms with Crippen LogP contribution in [0.2, 0.25) is 0 Å². The molecule has 252 valence electrons. The number of para-hydroxylation sites is 1. The number of piperidine rings is 2. The Balaban J connectivity index is 0.895. The highest BCUT2D eigenvalue weighted by molar-refractivity contribution is 5.98. The number of ether oxygens (including phenoxy) is 1. The van der Waals surface area contributed by atoms with E-state index in [1.165, 1.54) is 6.33 Å². The number of likely N-dealkylation sites (tertiary alicyclic amines) is 1. The number of benzene rings is 2. The lowest BCUT2D eigenvalue weighted by atomic mass is 9.93. The Morgan fingerprint density at radius 2 is 1.47 bits per heavy atom. The minimum absolute atomic E-state index is 0.0346. The summed E-state index contributed by atoms with van der Waals surface area (Å²) in [6.45, 7) is 6.79. The van der Waals surface area contributed by atoms with Crippen molar-refractivity contribution in [2.45, 2.75) is 31.7 Å². The molecule has 3 fully saturated rings. The zero-order valence-corrected chi connectivity index (χ0v) is 27.5. The van der Waals surface area contributed by atoms with E-state index in [-0.39, 0.29) is 17.9 Å². The highest BCUT2D eigenvalue weighted by atomic mass is 16.5. The number of rotatable bonds is 7. The zero-order valence-electron chi connectivity index (χ0n) is 27.5.